The van der Waals surface area contributed by atoms with E-state index in [1.807, 2.05) is 60.7 Å². The number of nitrogens with zero attached hydrogens (tertiary/aromatic N) is 6. The highest BCUT2D eigenvalue weighted by Gasteiger charge is 2.28. The standard InChI is InChI=1S/C93H60F2N6O2/c1-58-19-35-66(36-20-58)98(70-43-27-62(56-96)28-44-70)82-52-86-90(78-15-7-3-11-74(78)82)92-80-17-9-5-13-76(80)84(54-88(92)102-86)100(71-45-29-63(57-97)30-46-71)68-39-23-60(24-40-68)51-61-25-41-69(42-26-61)101(73-49-33-65(95)34-50-73)85-55-89-93(81-18-10-6-14-77(81)85)91-79-16-8-4-12-75(79)83(53-87(91)103-89)99(67-37-21-59(2)22-38-67)72-47-31-64(94)32-48-72/h3-50,52-55H,51H2,1-2H3. The molecule has 0 aliphatic carbocycles. The van der Waals surface area contributed by atoms with Crippen molar-refractivity contribution in [3.63, 3.8) is 0 Å². The lowest BCUT2D eigenvalue weighted by atomic mass is 9.96. The summed E-state index contributed by atoms with van der Waals surface area (Å²) in [6.07, 6.45) is 0.636. The van der Waals surface area contributed by atoms with E-state index in [-0.39, 0.29) is 11.6 Å². The van der Waals surface area contributed by atoms with Gasteiger partial charge < -0.3 is 28.4 Å². The Morgan fingerprint density at radius 2 is 0.485 bits per heavy atom. The van der Waals surface area contributed by atoms with Crippen LogP contribution in [0.1, 0.15) is 33.4 Å². The van der Waals surface area contributed by atoms with Gasteiger partial charge in [0.15, 0.2) is 0 Å². The topological polar surface area (TPSA) is 86.8 Å². The van der Waals surface area contributed by atoms with Crippen molar-refractivity contribution >= 4 is 155 Å². The van der Waals surface area contributed by atoms with E-state index in [4.69, 9.17) is 8.83 Å². The fraction of sp³-hybridized carbons (Fsp3) is 0.0323. The molecule has 0 saturated carbocycles. The van der Waals surface area contributed by atoms with Gasteiger partial charge in [-0.25, -0.2) is 8.78 Å². The van der Waals surface area contributed by atoms with E-state index in [1.165, 1.54) is 24.3 Å². The molecular formula is C93H60F2N6O2. The molecular weight excluding hydrogens is 1270 g/mol. The Balaban J connectivity index is 0.715. The summed E-state index contributed by atoms with van der Waals surface area (Å²) in [6, 6.07) is 110. The molecule has 0 aliphatic heterocycles. The first-order valence-electron chi connectivity index (χ1n) is 34.2. The van der Waals surface area contributed by atoms with Crippen molar-refractivity contribution in [2.24, 2.45) is 0 Å². The van der Waals surface area contributed by atoms with Gasteiger partial charge in [0.1, 0.15) is 34.0 Å². The molecule has 488 valence electrons. The summed E-state index contributed by atoms with van der Waals surface area (Å²) in [5.41, 5.74) is 19.1. The summed E-state index contributed by atoms with van der Waals surface area (Å²) in [5, 5.41) is 31.9. The van der Waals surface area contributed by atoms with Crippen molar-refractivity contribution in [2.75, 3.05) is 19.6 Å². The zero-order chi connectivity index (χ0) is 69.4. The molecule has 18 rings (SSSR count). The van der Waals surface area contributed by atoms with Gasteiger partial charge in [-0.1, -0.05) is 157 Å². The van der Waals surface area contributed by atoms with E-state index in [0.29, 0.717) is 28.7 Å². The zero-order valence-corrected chi connectivity index (χ0v) is 56.0. The van der Waals surface area contributed by atoms with Crippen LogP contribution in [0.2, 0.25) is 0 Å². The van der Waals surface area contributed by atoms with Crippen molar-refractivity contribution in [3.05, 3.63) is 360 Å². The molecule has 0 spiro atoms. The molecule has 0 fully saturated rings. The van der Waals surface area contributed by atoms with Crippen molar-refractivity contribution in [2.45, 2.75) is 20.3 Å². The van der Waals surface area contributed by atoms with Crippen LogP contribution in [0, 0.1) is 48.1 Å². The number of aryl methyl sites for hydroxylation is 2. The van der Waals surface area contributed by atoms with Gasteiger partial charge in [-0.15, -0.1) is 0 Å². The Hall–Kier alpha value is -13.8. The van der Waals surface area contributed by atoms with Crippen LogP contribution in [-0.2, 0) is 6.42 Å². The first-order valence-corrected chi connectivity index (χ1v) is 34.2. The van der Waals surface area contributed by atoms with Crippen LogP contribution in [0.4, 0.5) is 77.0 Å². The number of nitriles is 2. The number of hydrogen-bond acceptors (Lipinski definition) is 8. The second-order valence-electron chi connectivity index (χ2n) is 26.3. The van der Waals surface area contributed by atoms with Gasteiger partial charge in [0.05, 0.1) is 46.0 Å². The molecule has 0 saturated heterocycles. The number of benzene rings is 16. The maximum absolute atomic E-state index is 15.0. The summed E-state index contributed by atoms with van der Waals surface area (Å²) in [7, 11) is 0. The molecule has 16 aromatic carbocycles. The van der Waals surface area contributed by atoms with Crippen LogP contribution in [0.15, 0.2) is 324 Å². The third-order valence-electron chi connectivity index (χ3n) is 19.9. The van der Waals surface area contributed by atoms with Crippen LogP contribution in [0.5, 0.6) is 0 Å². The fourth-order valence-corrected chi connectivity index (χ4v) is 15.1. The lowest BCUT2D eigenvalue weighted by Crippen LogP contribution is -2.11. The number of anilines is 12. The van der Waals surface area contributed by atoms with Gasteiger partial charge in [-0.05, 0) is 199 Å². The third kappa shape index (κ3) is 10.8. The Bertz CT molecular complexity index is 6390. The van der Waals surface area contributed by atoms with Crippen molar-refractivity contribution in [1.29, 1.82) is 10.5 Å². The summed E-state index contributed by atoms with van der Waals surface area (Å²) in [5.74, 6) is -0.647. The normalized spacial score (nSPS) is 11.5. The second kappa shape index (κ2) is 25.2. The van der Waals surface area contributed by atoms with Gasteiger partial charge in [0.25, 0.3) is 0 Å². The number of halogens is 2. The van der Waals surface area contributed by atoms with Crippen LogP contribution >= 0.6 is 0 Å². The Kier molecular flexibility index (Phi) is 15.0. The van der Waals surface area contributed by atoms with Crippen LogP contribution in [0.3, 0.4) is 0 Å². The maximum atomic E-state index is 15.0. The van der Waals surface area contributed by atoms with E-state index in [0.717, 1.165) is 166 Å². The van der Waals surface area contributed by atoms with Crippen LogP contribution in [-0.4, -0.2) is 0 Å². The van der Waals surface area contributed by atoms with E-state index in [9.17, 15) is 19.3 Å². The fourth-order valence-electron chi connectivity index (χ4n) is 15.1. The molecule has 0 aliphatic rings. The third-order valence-corrected chi connectivity index (χ3v) is 19.9. The molecule has 0 radical (unpaired) electrons. The lowest BCUT2D eigenvalue weighted by molar-refractivity contribution is 0.627. The second-order valence-corrected chi connectivity index (χ2v) is 26.3. The van der Waals surface area contributed by atoms with Gasteiger partial charge in [0, 0.05) is 113 Å². The van der Waals surface area contributed by atoms with Crippen LogP contribution in [0.25, 0.3) is 87.0 Å². The van der Waals surface area contributed by atoms with Gasteiger partial charge in [-0.2, -0.15) is 10.5 Å². The predicted molar refractivity (Wildman–Crippen MR) is 418 cm³/mol. The first kappa shape index (κ1) is 61.5. The van der Waals surface area contributed by atoms with Crippen LogP contribution < -0.4 is 19.6 Å². The Morgan fingerprint density at radius 3 is 0.728 bits per heavy atom. The number of hydrogen-bond donors (Lipinski definition) is 0. The highest BCUT2D eigenvalue weighted by Crippen LogP contribution is 2.52. The summed E-state index contributed by atoms with van der Waals surface area (Å²) < 4.78 is 43.9. The highest BCUT2D eigenvalue weighted by atomic mass is 19.1. The van der Waals surface area contributed by atoms with E-state index >= 15 is 0 Å². The molecule has 10 heteroatoms. The number of fused-ring (bicyclic) bond motifs is 14. The molecule has 0 atom stereocenters. The van der Waals surface area contributed by atoms with Gasteiger partial charge in [-0.3, -0.25) is 0 Å². The number of furan rings is 2. The maximum Gasteiger partial charge on any atom is 0.138 e. The molecule has 0 amide bonds. The summed E-state index contributed by atoms with van der Waals surface area (Å²) in [4.78, 5) is 8.81. The van der Waals surface area contributed by atoms with E-state index in [2.05, 4.69) is 264 Å². The molecule has 0 bridgehead atoms. The number of rotatable bonds is 14. The Morgan fingerprint density at radius 1 is 0.272 bits per heavy atom. The first-order chi connectivity index (χ1) is 50.6. The summed E-state index contributed by atoms with van der Waals surface area (Å²) >= 11 is 0. The van der Waals surface area contributed by atoms with E-state index < -0.39 is 0 Å². The summed E-state index contributed by atoms with van der Waals surface area (Å²) in [6.45, 7) is 4.15. The van der Waals surface area contributed by atoms with Crippen molar-refractivity contribution < 1.29 is 17.6 Å². The molecule has 103 heavy (non-hydrogen) atoms. The monoisotopic (exact) mass is 1330 g/mol. The average Bonchev–Trinajstić information content (AvgIpc) is 1.61. The van der Waals surface area contributed by atoms with E-state index in [1.54, 1.807) is 12.1 Å². The quantitative estimate of drug-likeness (QED) is 0.106. The minimum absolute atomic E-state index is 0.313. The SMILES string of the molecule is Cc1ccc(N(c2ccc(F)cc2)c2cc3oc4cc(N(c5ccc(F)cc5)c5ccc(Cc6ccc(N(c7ccc(C#N)cc7)c7cc8oc9cc(N(c%10ccc(C)cc%10)c%10ccc(C#N)cc%10)c%10ccccc%10c9c8c8ccccc78)cc6)cc5)c5ccccc5c4c3c3ccccc23)cc1. The van der Waals surface area contributed by atoms with Gasteiger partial charge >= 0.3 is 0 Å². The largest absolute Gasteiger partial charge is 0.456 e. The highest BCUT2D eigenvalue weighted by molar-refractivity contribution is 6.32. The molecule has 18 aromatic rings. The molecule has 0 unspecified atom stereocenters. The molecule has 8 nitrogen and oxygen atoms in total. The predicted octanol–water partition coefficient (Wildman–Crippen LogP) is 26.2. The molecule has 2 aromatic heterocycles. The minimum atomic E-state index is -0.335. The van der Waals surface area contributed by atoms with Crippen molar-refractivity contribution in [1.82, 2.24) is 0 Å². The van der Waals surface area contributed by atoms with Gasteiger partial charge in [0.2, 0.25) is 0 Å². The molecule has 2 heterocycles. The average molecular weight is 1330 g/mol. The van der Waals surface area contributed by atoms with Crippen molar-refractivity contribution in [3.8, 4) is 12.1 Å². The molecule has 0 N–H and O–H groups in total. The zero-order valence-electron chi connectivity index (χ0n) is 56.0. The minimum Gasteiger partial charge on any atom is -0.456 e. The Labute approximate surface area is 592 Å². The lowest BCUT2D eigenvalue weighted by Gasteiger charge is -2.27. The smallest absolute Gasteiger partial charge is 0.138 e.